The van der Waals surface area contributed by atoms with Gasteiger partial charge < -0.3 is 9.47 Å². The fraction of sp³-hybridized carbons (Fsp3) is 0.429. The van der Waals surface area contributed by atoms with Crippen LogP contribution in [0.3, 0.4) is 0 Å². The number of hydrogen-bond donors (Lipinski definition) is 1. The highest BCUT2D eigenvalue weighted by Crippen LogP contribution is 2.35. The molecule has 0 aromatic heterocycles. The SMILES string of the molecule is CC(C)(NS(=O)(=O)c1ccc2c(c1)CCCC2)c1ccc2c(c1)OCCO2. The predicted octanol–water partition coefficient (Wildman–Crippen LogP) is 3.55. The number of rotatable bonds is 4. The topological polar surface area (TPSA) is 64.6 Å². The molecule has 0 bridgehead atoms. The lowest BCUT2D eigenvalue weighted by molar-refractivity contribution is 0.171. The van der Waals surface area contributed by atoms with Crippen LogP contribution in [-0.2, 0) is 28.4 Å². The highest BCUT2D eigenvalue weighted by molar-refractivity contribution is 7.89. The zero-order chi connectivity index (χ0) is 19.1. The Morgan fingerprint density at radius 2 is 1.59 bits per heavy atom. The molecule has 1 aliphatic heterocycles. The lowest BCUT2D eigenvalue weighted by Gasteiger charge is -2.28. The molecule has 5 nitrogen and oxygen atoms in total. The van der Waals surface area contributed by atoms with Crippen molar-refractivity contribution in [3.63, 3.8) is 0 Å². The van der Waals surface area contributed by atoms with Crippen molar-refractivity contribution in [3.8, 4) is 11.5 Å². The summed E-state index contributed by atoms with van der Waals surface area (Å²) in [6.07, 6.45) is 4.27. The Hall–Kier alpha value is -2.05. The van der Waals surface area contributed by atoms with Crippen LogP contribution in [0.25, 0.3) is 0 Å². The highest BCUT2D eigenvalue weighted by Gasteiger charge is 2.30. The molecule has 0 radical (unpaired) electrons. The molecule has 4 rings (SSSR count). The van der Waals surface area contributed by atoms with Gasteiger partial charge in [-0.05, 0) is 80.5 Å². The van der Waals surface area contributed by atoms with E-state index in [9.17, 15) is 8.42 Å². The number of nitrogens with one attached hydrogen (secondary N) is 1. The molecule has 6 heteroatoms. The molecule has 0 saturated carbocycles. The van der Waals surface area contributed by atoms with Crippen molar-refractivity contribution < 1.29 is 17.9 Å². The van der Waals surface area contributed by atoms with Gasteiger partial charge in [0.2, 0.25) is 10.0 Å². The van der Waals surface area contributed by atoms with Gasteiger partial charge in [-0.1, -0.05) is 12.1 Å². The third-order valence-corrected chi connectivity index (χ3v) is 6.94. The molecule has 2 aromatic carbocycles. The minimum Gasteiger partial charge on any atom is -0.486 e. The van der Waals surface area contributed by atoms with Crippen molar-refractivity contribution in [1.82, 2.24) is 4.72 Å². The Balaban J connectivity index is 1.61. The summed E-state index contributed by atoms with van der Waals surface area (Å²) in [6.45, 7) is 4.74. The van der Waals surface area contributed by atoms with Gasteiger partial charge in [0.1, 0.15) is 13.2 Å². The standard InChI is InChI=1S/C21H25NO4S/c1-21(2,17-8-10-19-20(14-17)26-12-11-25-19)22-27(23,24)18-9-7-15-5-3-4-6-16(15)13-18/h7-10,13-14,22H,3-6,11-12H2,1-2H3. The van der Waals surface area contributed by atoms with Gasteiger partial charge in [-0.25, -0.2) is 13.1 Å². The van der Waals surface area contributed by atoms with E-state index in [4.69, 9.17) is 9.47 Å². The average molecular weight is 388 g/mol. The first-order chi connectivity index (χ1) is 12.9. The Labute approximate surface area is 160 Å². The molecule has 27 heavy (non-hydrogen) atoms. The van der Waals surface area contributed by atoms with Gasteiger partial charge in [0.15, 0.2) is 11.5 Å². The minimum atomic E-state index is -3.64. The van der Waals surface area contributed by atoms with Gasteiger partial charge in [-0.2, -0.15) is 0 Å². The first kappa shape index (κ1) is 18.3. The van der Waals surface area contributed by atoms with Crippen LogP contribution in [0.15, 0.2) is 41.3 Å². The summed E-state index contributed by atoms with van der Waals surface area (Å²) < 4.78 is 40.1. The number of aryl methyl sites for hydroxylation is 2. The maximum Gasteiger partial charge on any atom is 0.241 e. The Bertz CT molecular complexity index is 966. The largest absolute Gasteiger partial charge is 0.486 e. The smallest absolute Gasteiger partial charge is 0.241 e. The van der Waals surface area contributed by atoms with E-state index in [2.05, 4.69) is 4.72 Å². The third kappa shape index (κ3) is 3.69. The molecule has 0 saturated heterocycles. The molecule has 0 spiro atoms. The van der Waals surface area contributed by atoms with E-state index in [0.717, 1.165) is 30.4 Å². The van der Waals surface area contributed by atoms with E-state index in [1.165, 1.54) is 12.0 Å². The number of hydrogen-bond acceptors (Lipinski definition) is 4. The summed E-state index contributed by atoms with van der Waals surface area (Å²) in [6, 6.07) is 11.1. The third-order valence-electron chi connectivity index (χ3n) is 5.28. The average Bonchev–Trinajstić information content (AvgIpc) is 2.66. The van der Waals surface area contributed by atoms with Crippen LogP contribution in [0.2, 0.25) is 0 Å². The van der Waals surface area contributed by atoms with Crippen molar-refractivity contribution in [2.24, 2.45) is 0 Å². The first-order valence-corrected chi connectivity index (χ1v) is 10.9. The lowest BCUT2D eigenvalue weighted by atomic mass is 9.92. The summed E-state index contributed by atoms with van der Waals surface area (Å²) in [4.78, 5) is 0.328. The quantitative estimate of drug-likeness (QED) is 0.871. The van der Waals surface area contributed by atoms with Crippen LogP contribution in [0.4, 0.5) is 0 Å². The van der Waals surface area contributed by atoms with E-state index in [0.29, 0.717) is 29.6 Å². The van der Waals surface area contributed by atoms with E-state index in [-0.39, 0.29) is 0 Å². The normalized spacial score (nSPS) is 16.7. The van der Waals surface area contributed by atoms with Gasteiger partial charge in [0.05, 0.1) is 10.4 Å². The zero-order valence-electron chi connectivity index (χ0n) is 15.7. The molecule has 2 aromatic rings. The van der Waals surface area contributed by atoms with Crippen LogP contribution in [0.5, 0.6) is 11.5 Å². The zero-order valence-corrected chi connectivity index (χ0v) is 16.6. The van der Waals surface area contributed by atoms with Crippen LogP contribution in [0.1, 0.15) is 43.4 Å². The molecular formula is C21H25NO4S. The van der Waals surface area contributed by atoms with Gasteiger partial charge in [0, 0.05) is 0 Å². The second kappa shape index (κ2) is 6.84. The number of fused-ring (bicyclic) bond motifs is 2. The van der Waals surface area contributed by atoms with E-state index >= 15 is 0 Å². The molecule has 1 aliphatic carbocycles. The molecule has 0 fully saturated rings. The summed E-state index contributed by atoms with van der Waals surface area (Å²) in [7, 11) is -3.64. The van der Waals surface area contributed by atoms with E-state index in [1.54, 1.807) is 6.07 Å². The van der Waals surface area contributed by atoms with E-state index in [1.807, 2.05) is 44.2 Å². The molecule has 1 heterocycles. The Kier molecular flexibility index (Phi) is 4.64. The van der Waals surface area contributed by atoms with Crippen LogP contribution >= 0.6 is 0 Å². The molecule has 0 amide bonds. The van der Waals surface area contributed by atoms with Crippen LogP contribution in [-0.4, -0.2) is 21.6 Å². The Morgan fingerprint density at radius 1 is 0.889 bits per heavy atom. The van der Waals surface area contributed by atoms with Crippen LogP contribution in [0, 0.1) is 0 Å². The van der Waals surface area contributed by atoms with Crippen molar-refractivity contribution in [1.29, 1.82) is 0 Å². The molecular weight excluding hydrogens is 362 g/mol. The van der Waals surface area contributed by atoms with Gasteiger partial charge in [0.25, 0.3) is 0 Å². The summed E-state index contributed by atoms with van der Waals surface area (Å²) in [5.74, 6) is 1.35. The fourth-order valence-corrected chi connectivity index (χ4v) is 5.21. The first-order valence-electron chi connectivity index (χ1n) is 9.41. The predicted molar refractivity (Wildman–Crippen MR) is 104 cm³/mol. The minimum absolute atomic E-state index is 0.328. The molecule has 144 valence electrons. The van der Waals surface area contributed by atoms with Crippen molar-refractivity contribution in [2.75, 3.05) is 13.2 Å². The number of ether oxygens (including phenoxy) is 2. The number of sulfonamides is 1. The van der Waals surface area contributed by atoms with Crippen molar-refractivity contribution in [2.45, 2.75) is 50.0 Å². The molecule has 0 atom stereocenters. The lowest BCUT2D eigenvalue weighted by Crippen LogP contribution is -2.41. The maximum absolute atomic E-state index is 13.0. The van der Waals surface area contributed by atoms with Crippen molar-refractivity contribution >= 4 is 10.0 Å². The monoisotopic (exact) mass is 387 g/mol. The summed E-state index contributed by atoms with van der Waals surface area (Å²) >= 11 is 0. The molecule has 1 N–H and O–H groups in total. The van der Waals surface area contributed by atoms with Crippen molar-refractivity contribution in [3.05, 3.63) is 53.1 Å². The number of benzene rings is 2. The van der Waals surface area contributed by atoms with Gasteiger partial charge in [-0.15, -0.1) is 0 Å². The molecule has 2 aliphatic rings. The molecule has 0 unspecified atom stereocenters. The summed E-state index contributed by atoms with van der Waals surface area (Å²) in [5.41, 5.74) is 2.46. The van der Waals surface area contributed by atoms with Crippen LogP contribution < -0.4 is 14.2 Å². The Morgan fingerprint density at radius 3 is 2.37 bits per heavy atom. The van der Waals surface area contributed by atoms with E-state index < -0.39 is 15.6 Å². The summed E-state index contributed by atoms with van der Waals surface area (Å²) in [5, 5.41) is 0. The fourth-order valence-electron chi connectivity index (χ4n) is 3.76. The van der Waals surface area contributed by atoms with Gasteiger partial charge in [-0.3, -0.25) is 0 Å². The van der Waals surface area contributed by atoms with Gasteiger partial charge >= 0.3 is 0 Å². The maximum atomic E-state index is 13.0. The second-order valence-electron chi connectivity index (χ2n) is 7.73. The second-order valence-corrected chi connectivity index (χ2v) is 9.41. The highest BCUT2D eigenvalue weighted by atomic mass is 32.2.